The topological polar surface area (TPSA) is 76.7 Å². The van der Waals surface area contributed by atoms with E-state index in [9.17, 15) is 9.59 Å². The van der Waals surface area contributed by atoms with Gasteiger partial charge in [0.15, 0.2) is 11.5 Å². The zero-order chi connectivity index (χ0) is 16.9. The first-order valence-electron chi connectivity index (χ1n) is 7.80. The van der Waals surface area contributed by atoms with E-state index in [2.05, 4.69) is 10.6 Å². The van der Waals surface area contributed by atoms with Crippen LogP contribution in [0.5, 0.6) is 11.5 Å². The van der Waals surface area contributed by atoms with E-state index in [0.29, 0.717) is 26.1 Å². The van der Waals surface area contributed by atoms with Crippen LogP contribution in [-0.2, 0) is 16.0 Å². The summed E-state index contributed by atoms with van der Waals surface area (Å²) < 4.78 is 11.0. The molecule has 23 heavy (non-hydrogen) atoms. The summed E-state index contributed by atoms with van der Waals surface area (Å²) in [6, 6.07) is 5.68. The Labute approximate surface area is 136 Å². The molecular weight excluding hydrogens is 296 g/mol. The molecular formula is C17H24N2O4. The molecule has 0 aromatic heterocycles. The molecule has 0 atom stereocenters. The number of fused-ring (bicyclic) bond motifs is 1. The Balaban J connectivity index is 1.75. The fourth-order valence-corrected chi connectivity index (χ4v) is 2.23. The third kappa shape index (κ3) is 5.81. The molecule has 1 aromatic carbocycles. The molecule has 2 N–H and O–H groups in total. The number of benzene rings is 1. The fourth-order valence-electron chi connectivity index (χ4n) is 2.23. The van der Waals surface area contributed by atoms with Gasteiger partial charge in [-0.3, -0.25) is 9.59 Å². The van der Waals surface area contributed by atoms with Crippen molar-refractivity contribution in [1.29, 1.82) is 0 Å². The van der Waals surface area contributed by atoms with Gasteiger partial charge in [0.2, 0.25) is 11.8 Å². The summed E-state index contributed by atoms with van der Waals surface area (Å²) in [6.45, 7) is 6.79. The van der Waals surface area contributed by atoms with Crippen LogP contribution < -0.4 is 20.1 Å². The van der Waals surface area contributed by atoms with Crippen molar-refractivity contribution >= 4 is 11.8 Å². The second-order valence-corrected chi connectivity index (χ2v) is 6.55. The summed E-state index contributed by atoms with van der Waals surface area (Å²) in [5.41, 5.74) is 0.705. The van der Waals surface area contributed by atoms with Gasteiger partial charge >= 0.3 is 0 Å². The second-order valence-electron chi connectivity index (χ2n) is 6.55. The van der Waals surface area contributed by atoms with Gasteiger partial charge in [-0.05, 0) is 44.9 Å². The maximum Gasteiger partial charge on any atom is 0.239 e. The predicted molar refractivity (Wildman–Crippen MR) is 86.7 cm³/mol. The largest absolute Gasteiger partial charge is 0.486 e. The lowest BCUT2D eigenvalue weighted by Gasteiger charge is -2.20. The molecule has 6 nitrogen and oxygen atoms in total. The normalized spacial score (nSPS) is 13.3. The molecule has 1 aliphatic rings. The number of nitrogens with one attached hydrogen (secondary N) is 2. The van der Waals surface area contributed by atoms with E-state index in [-0.39, 0.29) is 23.9 Å². The smallest absolute Gasteiger partial charge is 0.239 e. The fraction of sp³-hybridized carbons (Fsp3) is 0.529. The summed E-state index contributed by atoms with van der Waals surface area (Å²) in [5, 5.41) is 5.43. The monoisotopic (exact) mass is 320 g/mol. The van der Waals surface area contributed by atoms with Crippen molar-refractivity contribution in [2.75, 3.05) is 19.8 Å². The summed E-state index contributed by atoms with van der Waals surface area (Å²) in [5.74, 6) is 1.12. The zero-order valence-electron chi connectivity index (χ0n) is 13.9. The maximum atomic E-state index is 11.8. The Morgan fingerprint density at radius 2 is 1.78 bits per heavy atom. The molecule has 0 aliphatic carbocycles. The van der Waals surface area contributed by atoms with Gasteiger partial charge in [0.05, 0.1) is 6.54 Å². The molecule has 1 aromatic rings. The highest BCUT2D eigenvalue weighted by atomic mass is 16.6. The average Bonchev–Trinajstić information content (AvgIpc) is 2.49. The van der Waals surface area contributed by atoms with Gasteiger partial charge in [0.1, 0.15) is 13.2 Å². The minimum atomic E-state index is -0.299. The molecule has 0 saturated heterocycles. The number of hydrogen-bond acceptors (Lipinski definition) is 4. The number of rotatable bonds is 5. The molecule has 2 amide bonds. The van der Waals surface area contributed by atoms with Crippen molar-refractivity contribution in [2.45, 2.75) is 39.2 Å². The van der Waals surface area contributed by atoms with E-state index in [1.165, 1.54) is 0 Å². The lowest BCUT2D eigenvalue weighted by atomic mass is 10.1. The van der Waals surface area contributed by atoms with Crippen molar-refractivity contribution in [3.8, 4) is 11.5 Å². The number of ether oxygens (including phenoxy) is 2. The van der Waals surface area contributed by atoms with Crippen LogP contribution in [0.2, 0.25) is 0 Å². The van der Waals surface area contributed by atoms with Gasteiger partial charge in [-0.1, -0.05) is 6.07 Å². The minimum absolute atomic E-state index is 0.00274. The molecule has 0 saturated carbocycles. The lowest BCUT2D eigenvalue weighted by molar-refractivity contribution is -0.126. The summed E-state index contributed by atoms with van der Waals surface area (Å²) in [4.78, 5) is 23.5. The van der Waals surface area contributed by atoms with E-state index in [4.69, 9.17) is 9.47 Å². The standard InChI is InChI=1S/C17H24N2O4/c1-17(2,3)19-16(21)11-18-15(20)7-5-12-4-6-13-14(10-12)23-9-8-22-13/h4,6,10H,5,7-9,11H2,1-3H3,(H,18,20)(H,19,21). The van der Waals surface area contributed by atoms with Crippen LogP contribution in [0.4, 0.5) is 0 Å². The summed E-state index contributed by atoms with van der Waals surface area (Å²) >= 11 is 0. The van der Waals surface area contributed by atoms with Crippen LogP contribution in [0, 0.1) is 0 Å². The first-order valence-corrected chi connectivity index (χ1v) is 7.80. The van der Waals surface area contributed by atoms with Gasteiger partial charge in [0.25, 0.3) is 0 Å². The van der Waals surface area contributed by atoms with Crippen molar-refractivity contribution in [3.05, 3.63) is 23.8 Å². The highest BCUT2D eigenvalue weighted by Gasteiger charge is 2.15. The first-order chi connectivity index (χ1) is 10.8. The second kappa shape index (κ2) is 7.35. The summed E-state index contributed by atoms with van der Waals surface area (Å²) in [7, 11) is 0. The number of carbonyl (C=O) groups is 2. The molecule has 0 bridgehead atoms. The number of carbonyl (C=O) groups excluding carboxylic acids is 2. The third-order valence-corrected chi connectivity index (χ3v) is 3.21. The van der Waals surface area contributed by atoms with Crippen LogP contribution >= 0.6 is 0 Å². The van der Waals surface area contributed by atoms with Crippen molar-refractivity contribution < 1.29 is 19.1 Å². The van der Waals surface area contributed by atoms with Crippen molar-refractivity contribution in [3.63, 3.8) is 0 Å². The van der Waals surface area contributed by atoms with Crippen molar-refractivity contribution in [2.24, 2.45) is 0 Å². The SMILES string of the molecule is CC(C)(C)NC(=O)CNC(=O)CCc1ccc2c(c1)OCCO2. The average molecular weight is 320 g/mol. The Morgan fingerprint density at radius 3 is 2.48 bits per heavy atom. The molecule has 126 valence electrons. The molecule has 0 radical (unpaired) electrons. The highest BCUT2D eigenvalue weighted by Crippen LogP contribution is 2.30. The van der Waals surface area contributed by atoms with Crippen LogP contribution in [0.15, 0.2) is 18.2 Å². The van der Waals surface area contributed by atoms with Crippen LogP contribution in [-0.4, -0.2) is 37.1 Å². The third-order valence-electron chi connectivity index (χ3n) is 3.21. The Hall–Kier alpha value is -2.24. The van der Waals surface area contributed by atoms with Gasteiger partial charge in [-0.25, -0.2) is 0 Å². The maximum absolute atomic E-state index is 11.8. The van der Waals surface area contributed by atoms with E-state index >= 15 is 0 Å². The molecule has 2 rings (SSSR count). The van der Waals surface area contributed by atoms with E-state index in [0.717, 1.165) is 17.1 Å². The predicted octanol–water partition coefficient (Wildman–Crippen LogP) is 1.42. The Bertz CT molecular complexity index is 578. The van der Waals surface area contributed by atoms with E-state index < -0.39 is 0 Å². The van der Waals surface area contributed by atoms with Crippen LogP contribution in [0.3, 0.4) is 0 Å². The van der Waals surface area contributed by atoms with Gasteiger partial charge in [-0.15, -0.1) is 0 Å². The first kappa shape index (κ1) is 17.1. The van der Waals surface area contributed by atoms with Gasteiger partial charge < -0.3 is 20.1 Å². The molecule has 1 heterocycles. The number of aryl methyl sites for hydroxylation is 1. The number of amides is 2. The van der Waals surface area contributed by atoms with E-state index in [1.54, 1.807) is 0 Å². The quantitative estimate of drug-likeness (QED) is 0.860. The molecule has 0 unspecified atom stereocenters. The Kier molecular flexibility index (Phi) is 5.47. The van der Waals surface area contributed by atoms with E-state index in [1.807, 2.05) is 39.0 Å². The molecule has 0 fully saturated rings. The minimum Gasteiger partial charge on any atom is -0.486 e. The van der Waals surface area contributed by atoms with Crippen LogP contribution in [0.25, 0.3) is 0 Å². The Morgan fingerprint density at radius 1 is 1.09 bits per heavy atom. The van der Waals surface area contributed by atoms with Gasteiger partial charge in [0, 0.05) is 12.0 Å². The molecule has 1 aliphatic heterocycles. The molecule has 0 spiro atoms. The molecule has 6 heteroatoms. The highest BCUT2D eigenvalue weighted by molar-refractivity contribution is 5.85. The van der Waals surface area contributed by atoms with Crippen LogP contribution in [0.1, 0.15) is 32.8 Å². The number of hydrogen-bond donors (Lipinski definition) is 2. The van der Waals surface area contributed by atoms with Gasteiger partial charge in [-0.2, -0.15) is 0 Å². The van der Waals surface area contributed by atoms with Crippen molar-refractivity contribution in [1.82, 2.24) is 10.6 Å². The zero-order valence-corrected chi connectivity index (χ0v) is 13.9. The lowest BCUT2D eigenvalue weighted by Crippen LogP contribution is -2.45. The summed E-state index contributed by atoms with van der Waals surface area (Å²) in [6.07, 6.45) is 0.909.